The van der Waals surface area contributed by atoms with Crippen LogP contribution < -0.4 is 4.74 Å². The van der Waals surface area contributed by atoms with Gasteiger partial charge in [0.25, 0.3) is 5.91 Å². The highest BCUT2D eigenvalue weighted by atomic mass is 32.2. The maximum Gasteiger partial charge on any atom is 0.335 e. The quantitative estimate of drug-likeness (QED) is 0.217. The number of carbonyl (C=O) groups is 2. The van der Waals surface area contributed by atoms with Gasteiger partial charge in [0, 0.05) is 29.2 Å². The van der Waals surface area contributed by atoms with Gasteiger partial charge in [0.15, 0.2) is 0 Å². The molecule has 1 aliphatic rings. The van der Waals surface area contributed by atoms with E-state index in [4.69, 9.17) is 22.1 Å². The maximum absolute atomic E-state index is 13.2. The first-order valence-electron chi connectivity index (χ1n) is 11.7. The summed E-state index contributed by atoms with van der Waals surface area (Å²) in [5, 5.41) is 10.2. The van der Waals surface area contributed by atoms with Crippen LogP contribution in [0.15, 0.2) is 71.8 Å². The largest absolute Gasteiger partial charge is 0.496 e. The highest BCUT2D eigenvalue weighted by Crippen LogP contribution is 2.37. The number of carbonyl (C=O) groups excluding carboxylic acids is 1. The lowest BCUT2D eigenvalue weighted by Gasteiger charge is -2.14. The highest BCUT2D eigenvalue weighted by molar-refractivity contribution is 8.26. The monoisotopic (exact) mass is 528 g/mol. The van der Waals surface area contributed by atoms with Crippen molar-refractivity contribution in [3.8, 4) is 16.9 Å². The number of aromatic carboxylic acids is 1. The van der Waals surface area contributed by atoms with Gasteiger partial charge in [-0.2, -0.15) is 0 Å². The van der Waals surface area contributed by atoms with Crippen LogP contribution in [0, 0.1) is 6.92 Å². The number of ether oxygens (including phenoxy) is 1. The third kappa shape index (κ3) is 5.03. The number of thioether (sulfide) groups is 1. The topological polar surface area (TPSA) is 82.6 Å². The summed E-state index contributed by atoms with van der Waals surface area (Å²) in [6.07, 6.45) is 4.38. The van der Waals surface area contributed by atoms with E-state index in [0.29, 0.717) is 22.2 Å². The molecule has 1 aliphatic heterocycles. The molecule has 2 N–H and O–H groups in total. The van der Waals surface area contributed by atoms with Gasteiger partial charge in [-0.25, -0.2) is 4.79 Å². The van der Waals surface area contributed by atoms with Gasteiger partial charge in [0.2, 0.25) is 0 Å². The summed E-state index contributed by atoms with van der Waals surface area (Å²) in [5.74, 6) is -0.331. The summed E-state index contributed by atoms with van der Waals surface area (Å²) in [6, 6.07) is 18.9. The van der Waals surface area contributed by atoms with Crippen molar-refractivity contribution in [2.24, 2.45) is 0 Å². The van der Waals surface area contributed by atoms with Gasteiger partial charge in [-0.15, -0.1) is 0 Å². The van der Waals surface area contributed by atoms with Crippen LogP contribution in [0.25, 0.3) is 28.1 Å². The second-order valence-corrected chi connectivity index (χ2v) is 10.5. The Labute approximate surface area is 223 Å². The van der Waals surface area contributed by atoms with Gasteiger partial charge in [-0.1, -0.05) is 42.2 Å². The van der Waals surface area contributed by atoms with E-state index in [1.807, 2.05) is 36.5 Å². The van der Waals surface area contributed by atoms with E-state index in [0.717, 1.165) is 44.5 Å². The number of nitrogens with one attached hydrogen (secondary N) is 1. The molecular weight excluding hydrogens is 504 g/mol. The number of amides is 1. The summed E-state index contributed by atoms with van der Waals surface area (Å²) in [4.78, 5) is 29.7. The minimum Gasteiger partial charge on any atom is -0.496 e. The molecular formula is C29H24N2O4S2. The van der Waals surface area contributed by atoms with Gasteiger partial charge < -0.3 is 14.8 Å². The molecule has 0 radical (unpaired) electrons. The average Bonchev–Trinajstić information content (AvgIpc) is 3.47. The molecule has 6 nitrogen and oxygen atoms in total. The zero-order chi connectivity index (χ0) is 26.1. The molecule has 0 unspecified atom stereocenters. The number of hydrogen-bond donors (Lipinski definition) is 2. The molecule has 0 atom stereocenters. The summed E-state index contributed by atoms with van der Waals surface area (Å²) in [5.41, 5.74) is 6.30. The van der Waals surface area contributed by atoms with Gasteiger partial charge in [-0.3, -0.25) is 9.69 Å². The van der Waals surface area contributed by atoms with Crippen LogP contribution in [0.2, 0.25) is 0 Å². The number of carboxylic acids is 1. The standard InChI is InChI=1S/C29H24N2O4S2/c1-17-13-22(16-21-9-11-30-26(17)21)23-14-19(5-8-24(23)35-2)15-25-27(32)31(29(36)37-25)12-10-18-3-6-20(7-4-18)28(33)34/h3-9,11,13-16,30H,10,12H2,1-2H3,(H,33,34). The Bertz CT molecular complexity index is 1570. The summed E-state index contributed by atoms with van der Waals surface area (Å²) >= 11 is 6.79. The SMILES string of the molecule is COc1ccc(C=C2SC(=S)N(CCc3ccc(C(=O)O)cc3)C2=O)cc1-c1cc(C)c2[nH]ccc2c1. The normalized spacial score (nSPS) is 14.6. The Hall–Kier alpha value is -3.88. The van der Waals surface area contributed by atoms with Crippen molar-refractivity contribution >= 4 is 57.2 Å². The number of aryl methyl sites for hydroxylation is 1. The Morgan fingerprint density at radius 2 is 1.92 bits per heavy atom. The molecule has 0 bridgehead atoms. The molecule has 186 valence electrons. The molecule has 2 heterocycles. The van der Waals surface area contributed by atoms with Crippen molar-refractivity contribution < 1.29 is 19.4 Å². The van der Waals surface area contributed by atoms with E-state index >= 15 is 0 Å². The molecule has 8 heteroatoms. The lowest BCUT2D eigenvalue weighted by atomic mass is 9.98. The zero-order valence-electron chi connectivity index (χ0n) is 20.3. The lowest BCUT2D eigenvalue weighted by Crippen LogP contribution is -2.30. The van der Waals surface area contributed by atoms with E-state index < -0.39 is 5.97 Å². The zero-order valence-corrected chi connectivity index (χ0v) is 21.9. The average molecular weight is 529 g/mol. The van der Waals surface area contributed by atoms with Gasteiger partial charge in [0.05, 0.1) is 17.6 Å². The predicted molar refractivity (Wildman–Crippen MR) is 152 cm³/mol. The lowest BCUT2D eigenvalue weighted by molar-refractivity contribution is -0.122. The minimum atomic E-state index is -0.963. The fourth-order valence-corrected chi connectivity index (χ4v) is 5.76. The van der Waals surface area contributed by atoms with Crippen LogP contribution >= 0.6 is 24.0 Å². The van der Waals surface area contributed by atoms with Crippen molar-refractivity contribution in [1.29, 1.82) is 0 Å². The summed E-state index contributed by atoms with van der Waals surface area (Å²) < 4.78 is 6.16. The number of benzene rings is 3. The molecule has 1 aromatic heterocycles. The molecule has 37 heavy (non-hydrogen) atoms. The van der Waals surface area contributed by atoms with E-state index in [9.17, 15) is 9.59 Å². The first kappa shape index (κ1) is 24.8. The minimum absolute atomic E-state index is 0.126. The molecule has 1 saturated heterocycles. The van der Waals surface area contributed by atoms with Crippen LogP contribution in [0.3, 0.4) is 0 Å². The van der Waals surface area contributed by atoms with Gasteiger partial charge in [0.1, 0.15) is 10.1 Å². The van der Waals surface area contributed by atoms with Crippen LogP contribution in [0.4, 0.5) is 0 Å². The maximum atomic E-state index is 13.2. The number of rotatable bonds is 7. The molecule has 1 fully saturated rings. The third-order valence-corrected chi connectivity index (χ3v) is 7.77. The second-order valence-electron chi connectivity index (χ2n) is 8.78. The fraction of sp³-hybridized carbons (Fsp3) is 0.138. The number of aromatic nitrogens is 1. The van der Waals surface area contributed by atoms with Crippen molar-refractivity contribution in [3.63, 3.8) is 0 Å². The molecule has 0 spiro atoms. The van der Waals surface area contributed by atoms with Crippen molar-refractivity contribution in [1.82, 2.24) is 9.88 Å². The van der Waals surface area contributed by atoms with Crippen molar-refractivity contribution in [2.45, 2.75) is 13.3 Å². The number of methoxy groups -OCH3 is 1. The van der Waals surface area contributed by atoms with Crippen LogP contribution in [0.1, 0.15) is 27.0 Å². The van der Waals surface area contributed by atoms with E-state index in [1.165, 1.54) is 11.8 Å². The van der Waals surface area contributed by atoms with E-state index in [-0.39, 0.29) is 11.5 Å². The Morgan fingerprint density at radius 1 is 1.14 bits per heavy atom. The summed E-state index contributed by atoms with van der Waals surface area (Å²) in [7, 11) is 1.65. The number of nitrogens with zero attached hydrogens (tertiary/aromatic N) is 1. The number of carboxylic acid groups (broad SMARTS) is 1. The van der Waals surface area contributed by atoms with Crippen molar-refractivity contribution in [2.75, 3.05) is 13.7 Å². The Kier molecular flexibility index (Phi) is 6.86. The fourth-order valence-electron chi connectivity index (χ4n) is 4.45. The van der Waals surface area contributed by atoms with E-state index in [2.05, 4.69) is 24.0 Å². The smallest absolute Gasteiger partial charge is 0.335 e. The molecule has 5 rings (SSSR count). The Morgan fingerprint density at radius 3 is 2.65 bits per heavy atom. The number of hydrogen-bond acceptors (Lipinski definition) is 5. The first-order valence-corrected chi connectivity index (χ1v) is 12.9. The van der Waals surface area contributed by atoms with Gasteiger partial charge >= 0.3 is 5.97 Å². The predicted octanol–water partition coefficient (Wildman–Crippen LogP) is 6.29. The Balaban J connectivity index is 1.38. The van der Waals surface area contributed by atoms with Crippen molar-refractivity contribution in [3.05, 3.63) is 94.0 Å². The van der Waals surface area contributed by atoms with Crippen LogP contribution in [-0.2, 0) is 11.2 Å². The molecule has 0 aliphatic carbocycles. The van der Waals surface area contributed by atoms with E-state index in [1.54, 1.807) is 36.3 Å². The second kappa shape index (κ2) is 10.2. The highest BCUT2D eigenvalue weighted by Gasteiger charge is 2.31. The number of H-pyrrole nitrogens is 1. The first-order chi connectivity index (χ1) is 17.8. The molecule has 3 aromatic carbocycles. The molecule has 4 aromatic rings. The van der Waals surface area contributed by atoms with Crippen LogP contribution in [0.5, 0.6) is 5.75 Å². The van der Waals surface area contributed by atoms with Gasteiger partial charge in [-0.05, 0) is 84.1 Å². The molecule has 0 saturated carbocycles. The number of thiocarbonyl (C=S) groups is 1. The summed E-state index contributed by atoms with van der Waals surface area (Å²) in [6.45, 7) is 2.50. The number of fused-ring (bicyclic) bond motifs is 1. The third-order valence-electron chi connectivity index (χ3n) is 6.39. The molecule has 1 amide bonds. The van der Waals surface area contributed by atoms with Crippen LogP contribution in [-0.4, -0.2) is 44.8 Å². The number of aromatic amines is 1.